The van der Waals surface area contributed by atoms with Crippen molar-refractivity contribution in [3.8, 4) is 22.4 Å². The SMILES string of the molecule is CC(OC(=O)Nc1cccnc1-c1ccc(-c2ccc(CC(=O)O)cc2)cc1)c1ccccc1. The van der Waals surface area contributed by atoms with E-state index < -0.39 is 12.1 Å². The Morgan fingerprint density at radius 2 is 1.47 bits per heavy atom. The molecule has 1 amide bonds. The van der Waals surface area contributed by atoms with Crippen LogP contribution in [0.5, 0.6) is 0 Å². The van der Waals surface area contributed by atoms with Gasteiger partial charge in [-0.2, -0.15) is 0 Å². The van der Waals surface area contributed by atoms with Crippen LogP contribution in [0.1, 0.15) is 24.2 Å². The van der Waals surface area contributed by atoms with Gasteiger partial charge in [0.1, 0.15) is 6.10 Å². The summed E-state index contributed by atoms with van der Waals surface area (Å²) in [4.78, 5) is 27.8. The molecule has 0 aliphatic heterocycles. The monoisotopic (exact) mass is 452 g/mol. The molecule has 0 aliphatic rings. The summed E-state index contributed by atoms with van der Waals surface area (Å²) >= 11 is 0. The fourth-order valence-electron chi connectivity index (χ4n) is 3.64. The fourth-order valence-corrected chi connectivity index (χ4v) is 3.64. The van der Waals surface area contributed by atoms with Crippen LogP contribution >= 0.6 is 0 Å². The highest BCUT2D eigenvalue weighted by Crippen LogP contribution is 2.29. The number of carbonyl (C=O) groups excluding carboxylic acids is 1. The number of hydrogen-bond acceptors (Lipinski definition) is 4. The molecule has 3 aromatic carbocycles. The molecular weight excluding hydrogens is 428 g/mol. The second-order valence-electron chi connectivity index (χ2n) is 7.83. The summed E-state index contributed by atoms with van der Waals surface area (Å²) in [7, 11) is 0. The minimum absolute atomic E-state index is 0.00122. The van der Waals surface area contributed by atoms with Crippen molar-refractivity contribution in [2.24, 2.45) is 0 Å². The molecule has 0 radical (unpaired) electrons. The van der Waals surface area contributed by atoms with E-state index in [4.69, 9.17) is 9.84 Å². The molecule has 1 aromatic heterocycles. The Morgan fingerprint density at radius 3 is 2.12 bits per heavy atom. The number of carboxylic acids is 1. The van der Waals surface area contributed by atoms with Crippen molar-refractivity contribution in [2.75, 3.05) is 5.32 Å². The predicted molar refractivity (Wildman–Crippen MR) is 131 cm³/mol. The van der Waals surface area contributed by atoms with Crippen LogP contribution < -0.4 is 5.32 Å². The van der Waals surface area contributed by atoms with Crippen molar-refractivity contribution in [3.05, 3.63) is 108 Å². The molecule has 0 saturated heterocycles. The molecule has 0 bridgehead atoms. The van der Waals surface area contributed by atoms with E-state index in [0.29, 0.717) is 11.4 Å². The Labute approximate surface area is 197 Å². The maximum absolute atomic E-state index is 12.5. The number of anilines is 1. The molecule has 170 valence electrons. The summed E-state index contributed by atoms with van der Waals surface area (Å²) in [5.41, 5.74) is 5.68. The van der Waals surface area contributed by atoms with Gasteiger partial charge >= 0.3 is 12.1 Å². The molecule has 34 heavy (non-hydrogen) atoms. The van der Waals surface area contributed by atoms with Gasteiger partial charge in [-0.05, 0) is 41.3 Å². The zero-order chi connectivity index (χ0) is 23.9. The van der Waals surface area contributed by atoms with E-state index in [1.165, 1.54) is 0 Å². The first kappa shape index (κ1) is 22.7. The van der Waals surface area contributed by atoms with Crippen LogP contribution in [0.15, 0.2) is 97.2 Å². The van der Waals surface area contributed by atoms with Crippen molar-refractivity contribution in [2.45, 2.75) is 19.4 Å². The number of rotatable bonds is 7. The number of carboxylic acid groups (broad SMARTS) is 1. The lowest BCUT2D eigenvalue weighted by atomic mass is 10.0. The molecule has 0 fully saturated rings. The average molecular weight is 453 g/mol. The van der Waals surface area contributed by atoms with Gasteiger partial charge in [0.15, 0.2) is 0 Å². The van der Waals surface area contributed by atoms with Gasteiger partial charge in [0.2, 0.25) is 0 Å². The fraction of sp³-hybridized carbons (Fsp3) is 0.107. The third kappa shape index (κ3) is 5.66. The van der Waals surface area contributed by atoms with Crippen LogP contribution in [0, 0.1) is 0 Å². The number of hydrogen-bond donors (Lipinski definition) is 2. The Balaban J connectivity index is 1.48. The van der Waals surface area contributed by atoms with Crippen molar-refractivity contribution in [1.82, 2.24) is 4.98 Å². The third-order valence-electron chi connectivity index (χ3n) is 5.40. The summed E-state index contributed by atoms with van der Waals surface area (Å²) in [6.07, 6.45) is 0.737. The van der Waals surface area contributed by atoms with Crippen LogP contribution in [-0.4, -0.2) is 22.2 Å². The maximum Gasteiger partial charge on any atom is 0.412 e. The van der Waals surface area contributed by atoms with E-state index in [2.05, 4.69) is 10.3 Å². The van der Waals surface area contributed by atoms with Gasteiger partial charge in [-0.3, -0.25) is 15.1 Å². The van der Waals surface area contributed by atoms with Crippen molar-refractivity contribution < 1.29 is 19.4 Å². The Bertz CT molecular complexity index is 1270. The van der Waals surface area contributed by atoms with Crippen LogP contribution in [0.25, 0.3) is 22.4 Å². The van der Waals surface area contributed by atoms with Crippen molar-refractivity contribution in [1.29, 1.82) is 0 Å². The lowest BCUT2D eigenvalue weighted by molar-refractivity contribution is -0.136. The molecule has 0 aliphatic carbocycles. The van der Waals surface area contributed by atoms with Crippen LogP contribution in [0.4, 0.5) is 10.5 Å². The number of nitrogens with one attached hydrogen (secondary N) is 1. The van der Waals surface area contributed by atoms with Gasteiger partial charge in [0.05, 0.1) is 17.8 Å². The summed E-state index contributed by atoms with van der Waals surface area (Å²) < 4.78 is 5.53. The first-order chi connectivity index (χ1) is 16.5. The van der Waals surface area contributed by atoms with E-state index in [0.717, 1.165) is 27.8 Å². The highest BCUT2D eigenvalue weighted by molar-refractivity contribution is 5.90. The normalized spacial score (nSPS) is 11.4. The van der Waals surface area contributed by atoms with E-state index in [1.807, 2.05) is 85.8 Å². The Morgan fingerprint density at radius 1 is 0.853 bits per heavy atom. The minimum atomic E-state index is -0.852. The van der Waals surface area contributed by atoms with Gasteiger partial charge < -0.3 is 9.84 Å². The van der Waals surface area contributed by atoms with Gasteiger partial charge in [-0.15, -0.1) is 0 Å². The van der Waals surface area contributed by atoms with Crippen LogP contribution in [0.2, 0.25) is 0 Å². The molecule has 1 unspecified atom stereocenters. The molecule has 6 heteroatoms. The number of aliphatic carboxylic acids is 1. The topological polar surface area (TPSA) is 88.5 Å². The first-order valence-corrected chi connectivity index (χ1v) is 10.9. The highest BCUT2D eigenvalue weighted by atomic mass is 16.6. The zero-order valence-corrected chi connectivity index (χ0v) is 18.6. The summed E-state index contributed by atoms with van der Waals surface area (Å²) in [6.45, 7) is 1.83. The second kappa shape index (κ2) is 10.4. The molecule has 4 aromatic rings. The predicted octanol–water partition coefficient (Wildman–Crippen LogP) is 6.35. The molecule has 6 nitrogen and oxygen atoms in total. The van der Waals surface area contributed by atoms with Crippen molar-refractivity contribution >= 4 is 17.7 Å². The largest absolute Gasteiger partial charge is 0.481 e. The smallest absolute Gasteiger partial charge is 0.412 e. The van der Waals surface area contributed by atoms with Gasteiger partial charge in [0, 0.05) is 11.8 Å². The summed E-state index contributed by atoms with van der Waals surface area (Å²) in [5.74, 6) is -0.852. The summed E-state index contributed by atoms with van der Waals surface area (Å²) in [5, 5.41) is 11.7. The minimum Gasteiger partial charge on any atom is -0.481 e. The number of aromatic nitrogens is 1. The molecule has 1 atom stereocenters. The molecule has 4 rings (SSSR count). The maximum atomic E-state index is 12.5. The first-order valence-electron chi connectivity index (χ1n) is 10.9. The van der Waals surface area contributed by atoms with E-state index in [1.54, 1.807) is 18.3 Å². The molecule has 0 saturated carbocycles. The standard InChI is InChI=1S/C28H24N2O4/c1-19(21-6-3-2-4-7-21)34-28(33)30-25-8-5-17-29-27(25)24-15-13-23(14-16-24)22-11-9-20(10-12-22)18-26(31)32/h2-17,19H,18H2,1H3,(H,30,33)(H,31,32). The average Bonchev–Trinajstić information content (AvgIpc) is 2.85. The van der Waals surface area contributed by atoms with Crippen molar-refractivity contribution in [3.63, 3.8) is 0 Å². The zero-order valence-electron chi connectivity index (χ0n) is 18.6. The summed E-state index contributed by atoms with van der Waals surface area (Å²) in [6, 6.07) is 28.3. The number of carbonyl (C=O) groups is 2. The second-order valence-corrected chi connectivity index (χ2v) is 7.83. The van der Waals surface area contributed by atoms with Gasteiger partial charge in [-0.1, -0.05) is 78.9 Å². The third-order valence-corrected chi connectivity index (χ3v) is 5.40. The van der Waals surface area contributed by atoms with Gasteiger partial charge in [-0.25, -0.2) is 4.79 Å². The Hall–Kier alpha value is -4.45. The highest BCUT2D eigenvalue weighted by Gasteiger charge is 2.14. The number of nitrogens with zero attached hydrogens (tertiary/aromatic N) is 1. The van der Waals surface area contributed by atoms with Crippen LogP contribution in [-0.2, 0) is 16.0 Å². The lowest BCUT2D eigenvalue weighted by Gasteiger charge is -2.15. The molecule has 0 spiro atoms. The quantitative estimate of drug-likeness (QED) is 0.341. The van der Waals surface area contributed by atoms with Crippen LogP contribution in [0.3, 0.4) is 0 Å². The molecular formula is C28H24N2O4. The Kier molecular flexibility index (Phi) is 6.98. The molecule has 1 heterocycles. The van der Waals surface area contributed by atoms with Gasteiger partial charge in [0.25, 0.3) is 0 Å². The van der Waals surface area contributed by atoms with E-state index in [9.17, 15) is 9.59 Å². The van der Waals surface area contributed by atoms with E-state index >= 15 is 0 Å². The number of amides is 1. The van der Waals surface area contributed by atoms with E-state index in [-0.39, 0.29) is 12.5 Å². The lowest BCUT2D eigenvalue weighted by Crippen LogP contribution is -2.16. The number of pyridine rings is 1. The number of ether oxygens (including phenoxy) is 1. The molecule has 2 N–H and O–H groups in total. The number of benzene rings is 3.